The van der Waals surface area contributed by atoms with E-state index in [0.29, 0.717) is 12.5 Å². The molecule has 1 aliphatic heterocycles. The van der Waals surface area contributed by atoms with Crippen LogP contribution < -0.4 is 10.2 Å². The average Bonchev–Trinajstić information content (AvgIpc) is 3.32. The molecule has 2 aromatic rings. The minimum Gasteiger partial charge on any atom is -0.455 e. The zero-order chi connectivity index (χ0) is 21.0. The zero-order valence-electron chi connectivity index (χ0n) is 16.9. The van der Waals surface area contributed by atoms with Crippen molar-refractivity contribution in [3.8, 4) is 0 Å². The second-order valence-corrected chi connectivity index (χ2v) is 8.66. The predicted molar refractivity (Wildman–Crippen MR) is 113 cm³/mol. The third-order valence-corrected chi connectivity index (χ3v) is 5.77. The van der Waals surface area contributed by atoms with Crippen molar-refractivity contribution in [2.45, 2.75) is 33.2 Å². The van der Waals surface area contributed by atoms with E-state index in [1.807, 2.05) is 62.5 Å². The van der Waals surface area contributed by atoms with Crippen molar-refractivity contribution < 1.29 is 19.1 Å². The number of carbonyl (C=O) groups excluding carboxylic acids is 3. The Balaban J connectivity index is 1.77. The summed E-state index contributed by atoms with van der Waals surface area (Å²) >= 11 is 1.50. The van der Waals surface area contributed by atoms with Gasteiger partial charge in [0.25, 0.3) is 5.91 Å². The lowest BCUT2D eigenvalue weighted by Crippen LogP contribution is -2.34. The van der Waals surface area contributed by atoms with Crippen molar-refractivity contribution in [1.29, 1.82) is 0 Å². The number of hydrogen-bond donors (Lipinski definition) is 1. The molecule has 154 valence electrons. The number of carbonyl (C=O) groups is 3. The van der Waals surface area contributed by atoms with E-state index in [4.69, 9.17) is 4.74 Å². The summed E-state index contributed by atoms with van der Waals surface area (Å²) in [5, 5.41) is 4.65. The molecule has 0 saturated carbocycles. The SMILES string of the molecule is Cc1ccc(N2C(=O)C[C@@H](C(=O)OCC(=O)NCC(C)C)[C@H]2c2cccs2)cc1. The van der Waals surface area contributed by atoms with Gasteiger partial charge in [-0.15, -0.1) is 11.3 Å². The summed E-state index contributed by atoms with van der Waals surface area (Å²) < 4.78 is 5.27. The summed E-state index contributed by atoms with van der Waals surface area (Å²) in [5.41, 5.74) is 1.85. The number of nitrogens with one attached hydrogen (secondary N) is 1. The number of aryl methyl sites for hydroxylation is 1. The first-order chi connectivity index (χ1) is 13.9. The molecule has 29 heavy (non-hydrogen) atoms. The van der Waals surface area contributed by atoms with E-state index < -0.39 is 17.9 Å². The highest BCUT2D eigenvalue weighted by atomic mass is 32.1. The van der Waals surface area contributed by atoms with Crippen LogP contribution in [0.1, 0.15) is 36.8 Å². The molecule has 6 nitrogen and oxygen atoms in total. The zero-order valence-corrected chi connectivity index (χ0v) is 17.7. The highest BCUT2D eigenvalue weighted by molar-refractivity contribution is 7.10. The van der Waals surface area contributed by atoms with E-state index in [2.05, 4.69) is 5.32 Å². The lowest BCUT2D eigenvalue weighted by molar-refractivity contribution is -0.153. The fourth-order valence-electron chi connectivity index (χ4n) is 3.35. The normalized spacial score (nSPS) is 18.9. The molecular formula is C22H26N2O4S. The van der Waals surface area contributed by atoms with Crippen LogP contribution in [-0.4, -0.2) is 30.9 Å². The second kappa shape index (κ2) is 9.22. The molecule has 1 aromatic carbocycles. The van der Waals surface area contributed by atoms with Gasteiger partial charge in [-0.05, 0) is 36.4 Å². The fourth-order valence-corrected chi connectivity index (χ4v) is 4.23. The van der Waals surface area contributed by atoms with Crippen molar-refractivity contribution in [1.82, 2.24) is 5.32 Å². The van der Waals surface area contributed by atoms with Crippen LogP contribution in [0.15, 0.2) is 41.8 Å². The maximum atomic E-state index is 12.8. The molecule has 0 aliphatic carbocycles. The van der Waals surface area contributed by atoms with Crippen LogP contribution >= 0.6 is 11.3 Å². The second-order valence-electron chi connectivity index (χ2n) is 7.68. The van der Waals surface area contributed by atoms with Crippen LogP contribution in [0.3, 0.4) is 0 Å². The summed E-state index contributed by atoms with van der Waals surface area (Å²) in [4.78, 5) is 40.1. The Morgan fingerprint density at radius 1 is 1.24 bits per heavy atom. The number of nitrogens with zero attached hydrogens (tertiary/aromatic N) is 1. The monoisotopic (exact) mass is 414 g/mol. The standard InChI is InChI=1S/C22H26N2O4S/c1-14(2)12-23-19(25)13-28-22(27)17-11-20(26)24(16-8-6-15(3)7-9-16)21(17)18-5-4-10-29-18/h4-10,14,17,21H,11-13H2,1-3H3,(H,23,25)/t17-,21+/m1/s1. The van der Waals surface area contributed by atoms with E-state index in [9.17, 15) is 14.4 Å². The van der Waals surface area contributed by atoms with Gasteiger partial charge in [-0.1, -0.05) is 37.6 Å². The number of ether oxygens (including phenoxy) is 1. The third kappa shape index (κ3) is 5.03. The number of thiophene rings is 1. The summed E-state index contributed by atoms with van der Waals surface area (Å²) in [5.74, 6) is -1.32. The molecule has 1 fully saturated rings. The topological polar surface area (TPSA) is 75.7 Å². The highest BCUT2D eigenvalue weighted by Crippen LogP contribution is 2.43. The molecule has 2 heterocycles. The smallest absolute Gasteiger partial charge is 0.312 e. The van der Waals surface area contributed by atoms with Gasteiger partial charge in [-0.2, -0.15) is 0 Å². The largest absolute Gasteiger partial charge is 0.455 e. The van der Waals surface area contributed by atoms with E-state index in [1.54, 1.807) is 4.90 Å². The number of anilines is 1. The van der Waals surface area contributed by atoms with E-state index in [1.165, 1.54) is 11.3 Å². The van der Waals surface area contributed by atoms with Gasteiger partial charge in [0, 0.05) is 23.5 Å². The summed E-state index contributed by atoms with van der Waals surface area (Å²) in [6.45, 7) is 6.15. The molecule has 1 aromatic heterocycles. The van der Waals surface area contributed by atoms with E-state index in [0.717, 1.165) is 16.1 Å². The lowest BCUT2D eigenvalue weighted by Gasteiger charge is -2.27. The van der Waals surface area contributed by atoms with Crippen molar-refractivity contribution in [3.05, 3.63) is 52.2 Å². The summed E-state index contributed by atoms with van der Waals surface area (Å²) in [6, 6.07) is 11.1. The Kier molecular flexibility index (Phi) is 6.69. The Hall–Kier alpha value is -2.67. The molecule has 7 heteroatoms. The van der Waals surface area contributed by atoms with Crippen LogP contribution in [-0.2, 0) is 19.1 Å². The van der Waals surface area contributed by atoms with Crippen LogP contribution in [0.25, 0.3) is 0 Å². The number of benzene rings is 1. The molecular weight excluding hydrogens is 388 g/mol. The maximum Gasteiger partial charge on any atom is 0.312 e. The third-order valence-electron chi connectivity index (χ3n) is 4.83. The number of rotatable bonds is 7. The van der Waals surface area contributed by atoms with Crippen LogP contribution in [0.2, 0.25) is 0 Å². The van der Waals surface area contributed by atoms with Gasteiger partial charge in [0.15, 0.2) is 6.61 Å². The van der Waals surface area contributed by atoms with Gasteiger partial charge in [0.2, 0.25) is 5.91 Å². The quantitative estimate of drug-likeness (QED) is 0.704. The van der Waals surface area contributed by atoms with Gasteiger partial charge < -0.3 is 15.0 Å². The first kappa shape index (κ1) is 21.0. The van der Waals surface area contributed by atoms with Crippen molar-refractivity contribution in [3.63, 3.8) is 0 Å². The first-order valence-corrected chi connectivity index (χ1v) is 10.6. The van der Waals surface area contributed by atoms with Crippen LogP contribution in [0.5, 0.6) is 0 Å². The Labute approximate surface area is 174 Å². The Morgan fingerprint density at radius 3 is 2.59 bits per heavy atom. The van der Waals surface area contributed by atoms with Crippen molar-refractivity contribution >= 4 is 34.8 Å². The van der Waals surface area contributed by atoms with E-state index >= 15 is 0 Å². The van der Waals surface area contributed by atoms with E-state index in [-0.39, 0.29) is 24.8 Å². The van der Waals surface area contributed by atoms with Crippen LogP contribution in [0.4, 0.5) is 5.69 Å². The predicted octanol–water partition coefficient (Wildman–Crippen LogP) is 3.47. The van der Waals surface area contributed by atoms with Gasteiger partial charge in [-0.3, -0.25) is 14.4 Å². The van der Waals surface area contributed by atoms with Crippen molar-refractivity contribution in [2.24, 2.45) is 11.8 Å². The molecule has 0 spiro atoms. The number of esters is 1. The minimum atomic E-state index is -0.652. The lowest BCUT2D eigenvalue weighted by atomic mass is 9.99. The van der Waals surface area contributed by atoms with Gasteiger partial charge in [-0.25, -0.2) is 0 Å². The number of hydrogen-bond acceptors (Lipinski definition) is 5. The van der Waals surface area contributed by atoms with Crippen LogP contribution in [0, 0.1) is 18.8 Å². The summed E-state index contributed by atoms with van der Waals surface area (Å²) in [7, 11) is 0. The van der Waals surface area contributed by atoms with Gasteiger partial charge >= 0.3 is 5.97 Å². The Bertz CT molecular complexity index is 861. The molecule has 1 aliphatic rings. The Morgan fingerprint density at radius 2 is 1.97 bits per heavy atom. The first-order valence-electron chi connectivity index (χ1n) is 9.72. The van der Waals surface area contributed by atoms with Gasteiger partial charge in [0.05, 0.1) is 12.0 Å². The van der Waals surface area contributed by atoms with Crippen molar-refractivity contribution in [2.75, 3.05) is 18.1 Å². The molecule has 0 radical (unpaired) electrons. The molecule has 2 amide bonds. The fraction of sp³-hybridized carbons (Fsp3) is 0.409. The minimum absolute atomic E-state index is 0.0584. The number of amides is 2. The summed E-state index contributed by atoms with van der Waals surface area (Å²) in [6.07, 6.45) is 0.0584. The maximum absolute atomic E-state index is 12.8. The average molecular weight is 415 g/mol. The molecule has 1 N–H and O–H groups in total. The molecule has 0 unspecified atom stereocenters. The molecule has 3 rings (SSSR count). The van der Waals surface area contributed by atoms with Gasteiger partial charge in [0.1, 0.15) is 0 Å². The highest BCUT2D eigenvalue weighted by Gasteiger charge is 2.46. The molecule has 0 bridgehead atoms. The molecule has 2 atom stereocenters. The molecule has 1 saturated heterocycles.